The molecule has 6 rings (SSSR count). The number of rotatable bonds is 4. The van der Waals surface area contributed by atoms with Crippen LogP contribution >= 0.6 is 11.3 Å². The van der Waals surface area contributed by atoms with Crippen molar-refractivity contribution in [2.45, 2.75) is 38.6 Å². The molecule has 3 aromatic heterocycles. The zero-order chi connectivity index (χ0) is 26.3. The second-order valence-corrected chi connectivity index (χ2v) is 11.9. The number of aromatic amines is 1. The van der Waals surface area contributed by atoms with Crippen LogP contribution in [0.25, 0.3) is 21.1 Å². The fraction of sp³-hybridized carbons (Fsp3) is 0.481. The largest absolute Gasteiger partial charge is 0.444 e. The van der Waals surface area contributed by atoms with Crippen LogP contribution in [0.5, 0.6) is 0 Å². The van der Waals surface area contributed by atoms with E-state index in [1.54, 1.807) is 17.7 Å². The summed E-state index contributed by atoms with van der Waals surface area (Å²) >= 11 is 1.74. The number of morpholine rings is 1. The Balaban J connectivity index is 1.27. The van der Waals surface area contributed by atoms with Crippen LogP contribution in [0.15, 0.2) is 43.0 Å². The Labute approximate surface area is 225 Å². The molecule has 2 fully saturated rings. The van der Waals surface area contributed by atoms with Crippen LogP contribution in [0.1, 0.15) is 43.5 Å². The molecule has 11 heteroatoms. The van der Waals surface area contributed by atoms with Gasteiger partial charge in [0.25, 0.3) is 0 Å². The maximum Gasteiger partial charge on any atom is 0.410 e. The molecule has 1 amide bonds. The van der Waals surface area contributed by atoms with E-state index in [2.05, 4.69) is 48.2 Å². The first-order valence-electron chi connectivity index (χ1n) is 13.0. The highest BCUT2D eigenvalue weighted by Gasteiger charge is 2.36. The van der Waals surface area contributed by atoms with E-state index in [-0.39, 0.29) is 18.4 Å². The molecule has 38 heavy (non-hydrogen) atoms. The van der Waals surface area contributed by atoms with Crippen molar-refractivity contribution in [1.82, 2.24) is 34.9 Å². The minimum absolute atomic E-state index is 0.0462. The van der Waals surface area contributed by atoms with Gasteiger partial charge in [-0.3, -0.25) is 14.9 Å². The molecule has 10 nitrogen and oxygen atoms in total. The summed E-state index contributed by atoms with van der Waals surface area (Å²) in [5, 5.41) is 8.41. The van der Waals surface area contributed by atoms with Crippen molar-refractivity contribution >= 4 is 38.5 Å². The summed E-state index contributed by atoms with van der Waals surface area (Å²) in [7, 11) is 0. The standard InChI is InChI=1S/C27H33N7O3S/c1-27(2,3)37-26(35)33-9-7-32(8-10-33)25(23-13-21-24(38-23)15-28-17-29-21)34-11-12-36-22(16-34)18-5-4-6-20-19(18)14-30-31-20/h4-6,13-15,17,22,25H,7-12,16H2,1-3H3,(H,30,31). The van der Waals surface area contributed by atoms with Gasteiger partial charge in [-0.25, -0.2) is 14.8 Å². The summed E-state index contributed by atoms with van der Waals surface area (Å²) < 4.78 is 13.0. The average molecular weight is 536 g/mol. The van der Waals surface area contributed by atoms with Gasteiger partial charge in [-0.2, -0.15) is 5.10 Å². The zero-order valence-electron chi connectivity index (χ0n) is 22.0. The molecule has 0 spiro atoms. The molecular formula is C27H33N7O3S. The highest BCUT2D eigenvalue weighted by Crippen LogP contribution is 2.38. The Morgan fingerprint density at radius 1 is 1.16 bits per heavy atom. The molecule has 200 valence electrons. The molecule has 2 aliphatic heterocycles. The Morgan fingerprint density at radius 2 is 2.00 bits per heavy atom. The molecule has 4 aromatic rings. The molecule has 1 aromatic carbocycles. The van der Waals surface area contributed by atoms with E-state index in [1.165, 1.54) is 4.88 Å². The number of piperazine rings is 1. The number of amides is 1. The van der Waals surface area contributed by atoms with E-state index in [9.17, 15) is 4.79 Å². The van der Waals surface area contributed by atoms with Crippen LogP contribution in [-0.4, -0.2) is 92.4 Å². The SMILES string of the molecule is CC(C)(C)OC(=O)N1CCN(C(c2cc3ncncc3s2)N2CCOC(c3cccc4[nH]ncc34)C2)CC1. The number of hydrogen-bond donors (Lipinski definition) is 1. The Morgan fingerprint density at radius 3 is 2.79 bits per heavy atom. The predicted octanol–water partition coefficient (Wildman–Crippen LogP) is 4.19. The number of thiophene rings is 1. The lowest BCUT2D eigenvalue weighted by Gasteiger charge is -2.46. The van der Waals surface area contributed by atoms with Gasteiger partial charge in [0, 0.05) is 55.7 Å². The van der Waals surface area contributed by atoms with Gasteiger partial charge in [0.05, 0.1) is 40.8 Å². The van der Waals surface area contributed by atoms with Gasteiger partial charge in [0.2, 0.25) is 0 Å². The third-order valence-corrected chi connectivity index (χ3v) is 8.19. The Kier molecular flexibility index (Phi) is 6.77. The van der Waals surface area contributed by atoms with Gasteiger partial charge in [-0.1, -0.05) is 12.1 Å². The van der Waals surface area contributed by atoms with Crippen molar-refractivity contribution < 1.29 is 14.3 Å². The van der Waals surface area contributed by atoms with Crippen LogP contribution in [0.2, 0.25) is 0 Å². The summed E-state index contributed by atoms with van der Waals surface area (Å²) in [6.07, 6.45) is 5.10. The van der Waals surface area contributed by atoms with Crippen LogP contribution in [-0.2, 0) is 9.47 Å². The fourth-order valence-corrected chi connectivity index (χ4v) is 6.51. The van der Waals surface area contributed by atoms with E-state index >= 15 is 0 Å². The second-order valence-electron chi connectivity index (χ2n) is 10.8. The number of ether oxygens (including phenoxy) is 2. The molecule has 0 saturated carbocycles. The summed E-state index contributed by atoms with van der Waals surface area (Å²) in [6, 6.07) is 8.41. The predicted molar refractivity (Wildman–Crippen MR) is 146 cm³/mol. The third kappa shape index (κ3) is 5.11. The summed E-state index contributed by atoms with van der Waals surface area (Å²) in [5.41, 5.74) is 2.62. The topological polar surface area (TPSA) is 99.7 Å². The Hall–Kier alpha value is -3.12. The summed E-state index contributed by atoms with van der Waals surface area (Å²) in [5.74, 6) is 0. The second kappa shape index (κ2) is 10.2. The van der Waals surface area contributed by atoms with Crippen LogP contribution < -0.4 is 0 Å². The van der Waals surface area contributed by atoms with Gasteiger partial charge in [-0.05, 0) is 38.5 Å². The average Bonchev–Trinajstić information content (AvgIpc) is 3.55. The number of hydrogen-bond acceptors (Lipinski definition) is 9. The van der Waals surface area contributed by atoms with Crippen molar-refractivity contribution in [1.29, 1.82) is 0 Å². The molecule has 0 aliphatic carbocycles. The first-order valence-corrected chi connectivity index (χ1v) is 13.9. The number of aromatic nitrogens is 4. The van der Waals surface area contributed by atoms with Crippen LogP contribution in [0.3, 0.4) is 0 Å². The summed E-state index contributed by atoms with van der Waals surface area (Å²) in [6.45, 7) is 10.7. The van der Waals surface area contributed by atoms with Crippen molar-refractivity contribution in [3.05, 3.63) is 53.4 Å². The maximum absolute atomic E-state index is 12.7. The van der Waals surface area contributed by atoms with Gasteiger partial charge < -0.3 is 14.4 Å². The molecule has 2 unspecified atom stereocenters. The minimum atomic E-state index is -0.504. The normalized spacial score (nSPS) is 20.7. The van der Waals surface area contributed by atoms with Crippen molar-refractivity contribution in [3.8, 4) is 0 Å². The van der Waals surface area contributed by atoms with E-state index in [0.717, 1.165) is 52.9 Å². The summed E-state index contributed by atoms with van der Waals surface area (Å²) in [4.78, 5) is 29.5. The zero-order valence-corrected chi connectivity index (χ0v) is 22.8. The minimum Gasteiger partial charge on any atom is -0.444 e. The van der Waals surface area contributed by atoms with Crippen molar-refractivity contribution in [2.75, 3.05) is 45.9 Å². The van der Waals surface area contributed by atoms with Crippen molar-refractivity contribution in [2.24, 2.45) is 0 Å². The van der Waals surface area contributed by atoms with Crippen LogP contribution in [0.4, 0.5) is 4.79 Å². The molecule has 2 saturated heterocycles. The lowest BCUT2D eigenvalue weighted by atomic mass is 10.0. The number of fused-ring (bicyclic) bond motifs is 2. The third-order valence-electron chi connectivity index (χ3n) is 7.09. The molecule has 1 N–H and O–H groups in total. The van der Waals surface area contributed by atoms with Gasteiger partial charge >= 0.3 is 6.09 Å². The van der Waals surface area contributed by atoms with E-state index in [4.69, 9.17) is 9.47 Å². The van der Waals surface area contributed by atoms with Gasteiger partial charge in [0.1, 0.15) is 11.9 Å². The quantitative estimate of drug-likeness (QED) is 0.415. The molecule has 5 heterocycles. The number of carbonyl (C=O) groups is 1. The fourth-order valence-electron chi connectivity index (χ4n) is 5.35. The van der Waals surface area contributed by atoms with Gasteiger partial charge in [0.15, 0.2) is 0 Å². The monoisotopic (exact) mass is 535 g/mol. The number of carbonyl (C=O) groups excluding carboxylic acids is 1. The van der Waals surface area contributed by atoms with Gasteiger partial charge in [-0.15, -0.1) is 11.3 Å². The first-order chi connectivity index (χ1) is 18.4. The highest BCUT2D eigenvalue weighted by atomic mass is 32.1. The molecule has 2 aliphatic rings. The van der Waals surface area contributed by atoms with E-state index in [1.807, 2.05) is 44.1 Å². The Bertz CT molecular complexity index is 1390. The van der Waals surface area contributed by atoms with E-state index < -0.39 is 5.60 Å². The molecular weight excluding hydrogens is 502 g/mol. The van der Waals surface area contributed by atoms with Crippen LogP contribution in [0, 0.1) is 0 Å². The number of nitrogens with zero attached hydrogens (tertiary/aromatic N) is 6. The maximum atomic E-state index is 12.7. The van der Waals surface area contributed by atoms with Crippen molar-refractivity contribution in [3.63, 3.8) is 0 Å². The number of nitrogens with one attached hydrogen (secondary N) is 1. The molecule has 2 atom stereocenters. The highest BCUT2D eigenvalue weighted by molar-refractivity contribution is 7.19. The molecule has 0 radical (unpaired) electrons. The number of benzene rings is 1. The molecule has 0 bridgehead atoms. The van der Waals surface area contributed by atoms with E-state index in [0.29, 0.717) is 19.7 Å². The smallest absolute Gasteiger partial charge is 0.410 e. The lowest BCUT2D eigenvalue weighted by molar-refractivity contribution is -0.0839. The lowest BCUT2D eigenvalue weighted by Crippen LogP contribution is -2.55. The number of H-pyrrole nitrogens is 1. The first kappa shape index (κ1) is 25.2.